The molecule has 0 radical (unpaired) electrons. The second kappa shape index (κ2) is 8.99. The van der Waals surface area contributed by atoms with Crippen LogP contribution in [0.25, 0.3) is 21.1 Å². The van der Waals surface area contributed by atoms with Crippen molar-refractivity contribution in [1.29, 1.82) is 0 Å². The molecular weight excluding hydrogens is 462 g/mol. The molecule has 0 spiro atoms. The molecule has 1 aliphatic heterocycles. The van der Waals surface area contributed by atoms with Crippen molar-refractivity contribution in [2.45, 2.75) is 25.3 Å². The number of nitrogens with zero attached hydrogens (tertiary/aromatic N) is 2. The number of fused-ring (bicyclic) bond motifs is 2. The molecule has 7 nitrogen and oxygen atoms in total. The summed E-state index contributed by atoms with van der Waals surface area (Å²) < 4.78 is 38.1. The molecule has 0 bridgehead atoms. The van der Waals surface area contributed by atoms with Gasteiger partial charge in [0.15, 0.2) is 11.6 Å². The lowest BCUT2D eigenvalue weighted by Gasteiger charge is -2.25. The number of aromatic nitrogens is 2. The third kappa shape index (κ3) is 3.68. The van der Waals surface area contributed by atoms with Crippen molar-refractivity contribution in [3.63, 3.8) is 0 Å². The van der Waals surface area contributed by atoms with Gasteiger partial charge in [0.1, 0.15) is 22.6 Å². The summed E-state index contributed by atoms with van der Waals surface area (Å²) in [6.07, 6.45) is 2.72. The van der Waals surface area contributed by atoms with Crippen LogP contribution in [0.15, 0.2) is 15.7 Å². The number of hydrogen-bond acceptors (Lipinski definition) is 6. The van der Waals surface area contributed by atoms with E-state index in [1.807, 2.05) is 9.47 Å². The van der Waals surface area contributed by atoms with Crippen LogP contribution in [0.3, 0.4) is 0 Å². The monoisotopic (exact) mass is 486 g/mol. The predicted octanol–water partition coefficient (Wildman–Crippen LogP) is 3.19. The Bertz CT molecular complexity index is 1270. The van der Waals surface area contributed by atoms with Crippen molar-refractivity contribution in [3.05, 3.63) is 32.5 Å². The van der Waals surface area contributed by atoms with Gasteiger partial charge in [-0.15, -0.1) is 12.4 Å². The summed E-state index contributed by atoms with van der Waals surface area (Å²) in [6.45, 7) is 1.83. The minimum absolute atomic E-state index is 0. The van der Waals surface area contributed by atoms with E-state index in [4.69, 9.17) is 4.74 Å². The fourth-order valence-electron chi connectivity index (χ4n) is 4.66. The first-order valence-electron chi connectivity index (χ1n) is 10.5. The van der Waals surface area contributed by atoms with Crippen LogP contribution < -0.4 is 25.9 Å². The van der Waals surface area contributed by atoms with Crippen molar-refractivity contribution in [1.82, 2.24) is 14.3 Å². The van der Waals surface area contributed by atoms with E-state index in [0.29, 0.717) is 48.0 Å². The summed E-state index contributed by atoms with van der Waals surface area (Å²) in [5.41, 5.74) is -0.0111. The molecule has 2 aromatic heterocycles. The van der Waals surface area contributed by atoms with E-state index < -0.39 is 23.5 Å². The van der Waals surface area contributed by atoms with Crippen molar-refractivity contribution in [2.24, 2.45) is 5.92 Å². The number of benzene rings is 1. The summed E-state index contributed by atoms with van der Waals surface area (Å²) in [4.78, 5) is 27.9. The lowest BCUT2D eigenvalue weighted by Crippen LogP contribution is -2.28. The molecule has 1 aromatic carbocycles. The number of anilines is 1. The average molecular weight is 487 g/mol. The first kappa shape index (κ1) is 23.0. The lowest BCUT2D eigenvalue weighted by atomic mass is 10.1. The number of hydrogen-bond donors (Lipinski definition) is 2. The fraction of sp³-hybridized carbons (Fsp3) is 0.524. The Morgan fingerprint density at radius 3 is 2.78 bits per heavy atom. The van der Waals surface area contributed by atoms with Gasteiger partial charge in [0, 0.05) is 25.7 Å². The molecule has 1 saturated heterocycles. The number of nitrogens with one attached hydrogen (secondary N) is 2. The molecule has 11 heteroatoms. The largest absolute Gasteiger partial charge is 0.492 e. The molecule has 3 aromatic rings. The maximum absolute atomic E-state index is 15.4. The smallest absolute Gasteiger partial charge is 0.271 e. The van der Waals surface area contributed by atoms with E-state index in [0.717, 1.165) is 30.8 Å². The van der Waals surface area contributed by atoms with Gasteiger partial charge in [0.25, 0.3) is 5.56 Å². The summed E-state index contributed by atoms with van der Waals surface area (Å²) >= 11 is 1.13. The Labute approximate surface area is 192 Å². The van der Waals surface area contributed by atoms with Gasteiger partial charge in [-0.1, -0.05) is 0 Å². The molecule has 1 atom stereocenters. The van der Waals surface area contributed by atoms with E-state index in [2.05, 4.69) is 9.69 Å². The van der Waals surface area contributed by atoms with Gasteiger partial charge in [-0.3, -0.25) is 14.0 Å². The van der Waals surface area contributed by atoms with Crippen LogP contribution in [0.5, 0.6) is 5.75 Å². The molecule has 1 saturated carbocycles. The summed E-state index contributed by atoms with van der Waals surface area (Å²) in [6, 6.07) is 1.40. The average Bonchev–Trinajstić information content (AvgIpc) is 3.36. The number of ether oxygens (including phenoxy) is 1. The zero-order chi connectivity index (χ0) is 21.7. The highest BCUT2D eigenvalue weighted by atomic mass is 35.5. The molecule has 32 heavy (non-hydrogen) atoms. The molecule has 0 unspecified atom stereocenters. The van der Waals surface area contributed by atoms with Gasteiger partial charge in [-0.05, 0) is 49.3 Å². The van der Waals surface area contributed by atoms with Crippen LogP contribution in [0.2, 0.25) is 0 Å². The minimum atomic E-state index is -0.535. The van der Waals surface area contributed by atoms with Gasteiger partial charge in [0.05, 0.1) is 18.0 Å². The molecule has 2 aliphatic rings. The van der Waals surface area contributed by atoms with Crippen molar-refractivity contribution in [3.8, 4) is 5.75 Å². The van der Waals surface area contributed by atoms with Crippen LogP contribution >= 0.6 is 23.9 Å². The summed E-state index contributed by atoms with van der Waals surface area (Å²) in [5, 5.41) is 3.33. The molecule has 0 amide bonds. The zero-order valence-corrected chi connectivity index (χ0v) is 19.2. The predicted molar refractivity (Wildman–Crippen MR) is 125 cm³/mol. The quantitative estimate of drug-likeness (QED) is 0.501. The lowest BCUT2D eigenvalue weighted by molar-refractivity contribution is 0.413. The van der Waals surface area contributed by atoms with E-state index in [1.165, 1.54) is 13.2 Å². The van der Waals surface area contributed by atoms with Gasteiger partial charge in [-0.25, -0.2) is 8.78 Å². The van der Waals surface area contributed by atoms with E-state index in [1.54, 1.807) is 0 Å². The Morgan fingerprint density at radius 1 is 1.31 bits per heavy atom. The van der Waals surface area contributed by atoms with E-state index in [-0.39, 0.29) is 35.1 Å². The van der Waals surface area contributed by atoms with E-state index >= 15 is 4.39 Å². The third-order valence-corrected chi connectivity index (χ3v) is 7.10. The third-order valence-electron chi connectivity index (χ3n) is 6.22. The van der Waals surface area contributed by atoms with Gasteiger partial charge >= 0.3 is 0 Å². The van der Waals surface area contributed by atoms with Gasteiger partial charge in [0.2, 0.25) is 5.43 Å². The molecule has 2 fully saturated rings. The van der Waals surface area contributed by atoms with Crippen LogP contribution in [0, 0.1) is 11.7 Å². The normalized spacial score (nSPS) is 18.5. The highest BCUT2D eigenvalue weighted by Crippen LogP contribution is 2.46. The van der Waals surface area contributed by atoms with Crippen LogP contribution in [0.1, 0.15) is 25.3 Å². The number of H-pyrrole nitrogens is 1. The molecular formula is C21H25ClF2N4O3S. The zero-order valence-electron chi connectivity index (χ0n) is 17.6. The number of alkyl halides is 1. The maximum Gasteiger partial charge on any atom is 0.271 e. The number of rotatable bonds is 7. The molecule has 3 heterocycles. The maximum atomic E-state index is 15.4. The molecule has 5 rings (SSSR count). The Hall–Kier alpha value is -2.17. The number of halogens is 3. The highest BCUT2D eigenvalue weighted by Gasteiger charge is 2.34. The number of pyridine rings is 1. The number of aromatic amines is 1. The second-order valence-corrected chi connectivity index (χ2v) is 9.07. The molecule has 2 N–H and O–H groups in total. The first-order chi connectivity index (χ1) is 15.0. The Kier molecular flexibility index (Phi) is 6.46. The van der Waals surface area contributed by atoms with Gasteiger partial charge < -0.3 is 19.5 Å². The first-order valence-corrected chi connectivity index (χ1v) is 11.3. The summed E-state index contributed by atoms with van der Waals surface area (Å²) in [7, 11) is 1.49. The van der Waals surface area contributed by atoms with Crippen molar-refractivity contribution in [2.75, 3.05) is 44.9 Å². The number of methoxy groups -OCH3 is 1. The van der Waals surface area contributed by atoms with Crippen LogP contribution in [-0.2, 0) is 0 Å². The molecule has 174 valence electrons. The summed E-state index contributed by atoms with van der Waals surface area (Å²) in [5.74, 6) is 0.0701. The molecule has 1 aliphatic carbocycles. The van der Waals surface area contributed by atoms with Crippen molar-refractivity contribution < 1.29 is 13.5 Å². The standard InChI is InChI=1S/C21H24F2N4O3S.ClH/c1-30-19-16-13(18(28)15-20(29)25-31-21(15)27(16)12-2-3-12)8-14(23)17(19)26-7-4-11(10-26)9-24-6-5-22;/h8,11-12,24H,2-7,9-10H2,1H3,(H,25,29);1H/t11-;/m0./s1. The van der Waals surface area contributed by atoms with Gasteiger partial charge in [-0.2, -0.15) is 0 Å². The van der Waals surface area contributed by atoms with Crippen molar-refractivity contribution >= 4 is 50.7 Å². The fourth-order valence-corrected chi connectivity index (χ4v) is 5.58. The SMILES string of the molecule is COc1c(N2CC[C@@H](CNCCF)C2)c(F)cc2c(=O)c3c(=O)[nH]sc3n(C3CC3)c12.Cl. The van der Waals surface area contributed by atoms with E-state index in [9.17, 15) is 14.0 Å². The second-order valence-electron chi connectivity index (χ2n) is 8.27. The Morgan fingerprint density at radius 2 is 2.09 bits per heavy atom. The topological polar surface area (TPSA) is 79.4 Å². The minimum Gasteiger partial charge on any atom is -0.492 e. The van der Waals surface area contributed by atoms with Crippen LogP contribution in [-0.4, -0.2) is 48.9 Å². The highest BCUT2D eigenvalue weighted by molar-refractivity contribution is 7.12. The Balaban J connectivity index is 0.00000245. The van der Waals surface area contributed by atoms with Crippen LogP contribution in [0.4, 0.5) is 14.5 Å².